The van der Waals surface area contributed by atoms with Crippen molar-refractivity contribution in [3.05, 3.63) is 53.6 Å². The molecule has 0 bridgehead atoms. The highest BCUT2D eigenvalue weighted by Gasteiger charge is 2.35. The largest absolute Gasteiger partial charge is 0.478 e. The summed E-state index contributed by atoms with van der Waals surface area (Å²) < 4.78 is 5.72. The number of amides is 2. The van der Waals surface area contributed by atoms with Crippen LogP contribution in [0.5, 0.6) is 5.75 Å². The van der Waals surface area contributed by atoms with E-state index in [4.69, 9.17) is 4.74 Å². The third-order valence-corrected chi connectivity index (χ3v) is 4.59. The standard InChI is InChI=1S/C19H18N2O3/c1-11-10-13-6-3-4-9-16(13)21(11)19(23)14-7-5-8-15-17(14)24-12(2)18(22)20-15/h3-9,11-12H,10H2,1-2H3,(H,20,22). The van der Waals surface area contributed by atoms with E-state index in [1.54, 1.807) is 25.1 Å². The van der Waals surface area contributed by atoms with E-state index in [1.165, 1.54) is 5.56 Å². The van der Waals surface area contributed by atoms with Crippen LogP contribution >= 0.6 is 0 Å². The van der Waals surface area contributed by atoms with Crippen molar-refractivity contribution in [3.8, 4) is 5.75 Å². The Hall–Kier alpha value is -2.82. The van der Waals surface area contributed by atoms with E-state index in [0.717, 1.165) is 12.1 Å². The molecular formula is C19H18N2O3. The molecule has 4 rings (SSSR count). The van der Waals surface area contributed by atoms with Crippen LogP contribution in [0.2, 0.25) is 0 Å². The number of anilines is 2. The highest BCUT2D eigenvalue weighted by molar-refractivity contribution is 6.11. The van der Waals surface area contributed by atoms with Crippen molar-refractivity contribution in [2.24, 2.45) is 0 Å². The molecule has 2 aromatic carbocycles. The first kappa shape index (κ1) is 14.8. The maximum absolute atomic E-state index is 13.2. The van der Waals surface area contributed by atoms with E-state index in [-0.39, 0.29) is 17.9 Å². The van der Waals surface area contributed by atoms with Gasteiger partial charge in [-0.05, 0) is 44.0 Å². The van der Waals surface area contributed by atoms with E-state index in [0.29, 0.717) is 17.0 Å². The topological polar surface area (TPSA) is 58.6 Å². The fourth-order valence-electron chi connectivity index (χ4n) is 3.40. The summed E-state index contributed by atoms with van der Waals surface area (Å²) in [5, 5.41) is 2.79. The number of carbonyl (C=O) groups excluding carboxylic acids is 2. The number of nitrogens with one attached hydrogen (secondary N) is 1. The first-order chi connectivity index (χ1) is 11.6. The molecule has 2 heterocycles. The number of rotatable bonds is 1. The second-order valence-electron chi connectivity index (χ2n) is 6.29. The molecule has 24 heavy (non-hydrogen) atoms. The summed E-state index contributed by atoms with van der Waals surface area (Å²) in [4.78, 5) is 26.8. The maximum atomic E-state index is 13.2. The Bertz CT molecular complexity index is 846. The molecule has 5 heteroatoms. The molecule has 2 aliphatic heterocycles. The Labute approximate surface area is 140 Å². The van der Waals surface area contributed by atoms with Crippen molar-refractivity contribution in [1.29, 1.82) is 0 Å². The molecule has 2 unspecified atom stereocenters. The van der Waals surface area contributed by atoms with Gasteiger partial charge in [0.2, 0.25) is 0 Å². The number of carbonyl (C=O) groups is 2. The molecular weight excluding hydrogens is 304 g/mol. The van der Waals surface area contributed by atoms with Crippen LogP contribution in [-0.2, 0) is 11.2 Å². The summed E-state index contributed by atoms with van der Waals surface area (Å²) in [7, 11) is 0. The highest BCUT2D eigenvalue weighted by Crippen LogP contribution is 2.38. The Morgan fingerprint density at radius 2 is 1.96 bits per heavy atom. The predicted octanol–water partition coefficient (Wildman–Crippen LogP) is 3.00. The third kappa shape index (κ3) is 2.16. The molecule has 0 saturated carbocycles. The van der Waals surface area contributed by atoms with Crippen molar-refractivity contribution >= 4 is 23.2 Å². The minimum absolute atomic E-state index is 0.0846. The minimum atomic E-state index is -0.616. The molecule has 5 nitrogen and oxygen atoms in total. The maximum Gasteiger partial charge on any atom is 0.265 e. The molecule has 2 amide bonds. The second-order valence-corrected chi connectivity index (χ2v) is 6.29. The average molecular weight is 322 g/mol. The molecule has 0 fully saturated rings. The molecule has 2 atom stereocenters. The lowest BCUT2D eigenvalue weighted by molar-refractivity contribution is -0.122. The number of ether oxygens (including phenoxy) is 1. The first-order valence-electron chi connectivity index (χ1n) is 8.08. The van der Waals surface area contributed by atoms with E-state index in [1.807, 2.05) is 30.0 Å². The SMILES string of the molecule is CC1Oc2c(cccc2C(=O)N2c3ccccc3CC2C)NC1=O. The molecule has 0 saturated heterocycles. The zero-order valence-electron chi connectivity index (χ0n) is 13.6. The lowest BCUT2D eigenvalue weighted by Crippen LogP contribution is -2.38. The van der Waals surface area contributed by atoms with Gasteiger partial charge in [-0.3, -0.25) is 9.59 Å². The van der Waals surface area contributed by atoms with Crippen LogP contribution in [0.4, 0.5) is 11.4 Å². The van der Waals surface area contributed by atoms with E-state index < -0.39 is 6.10 Å². The molecule has 2 aromatic rings. The summed E-state index contributed by atoms with van der Waals surface area (Å²) in [6, 6.07) is 13.3. The molecule has 0 spiro atoms. The fourth-order valence-corrected chi connectivity index (χ4v) is 3.40. The van der Waals surface area contributed by atoms with Crippen LogP contribution in [-0.4, -0.2) is 24.0 Å². The lowest BCUT2D eigenvalue weighted by atomic mass is 10.1. The van der Waals surface area contributed by atoms with Crippen LogP contribution < -0.4 is 15.0 Å². The van der Waals surface area contributed by atoms with Crippen LogP contribution in [0.1, 0.15) is 29.8 Å². The van der Waals surface area contributed by atoms with Gasteiger partial charge < -0.3 is 15.0 Å². The molecule has 2 aliphatic rings. The van der Waals surface area contributed by atoms with Crippen LogP contribution in [0.15, 0.2) is 42.5 Å². The fraction of sp³-hybridized carbons (Fsp3) is 0.263. The van der Waals surface area contributed by atoms with Crippen molar-refractivity contribution in [1.82, 2.24) is 0 Å². The summed E-state index contributed by atoms with van der Waals surface area (Å²) in [5.74, 6) is 0.144. The molecule has 1 N–H and O–H groups in total. The number of para-hydroxylation sites is 2. The van der Waals surface area contributed by atoms with Gasteiger partial charge in [0.25, 0.3) is 11.8 Å². The molecule has 122 valence electrons. The van der Waals surface area contributed by atoms with Gasteiger partial charge in [0.15, 0.2) is 11.9 Å². The van der Waals surface area contributed by atoms with Crippen LogP contribution in [0.25, 0.3) is 0 Å². The summed E-state index contributed by atoms with van der Waals surface area (Å²) in [6.45, 7) is 3.71. The normalized spacial score (nSPS) is 21.6. The smallest absolute Gasteiger partial charge is 0.265 e. The Balaban J connectivity index is 1.77. The zero-order valence-corrected chi connectivity index (χ0v) is 13.6. The van der Waals surface area contributed by atoms with E-state index in [2.05, 4.69) is 11.4 Å². The van der Waals surface area contributed by atoms with Crippen LogP contribution in [0.3, 0.4) is 0 Å². The quantitative estimate of drug-likeness (QED) is 0.878. The summed E-state index contributed by atoms with van der Waals surface area (Å²) in [5.41, 5.74) is 3.14. The second kappa shape index (κ2) is 5.37. The zero-order chi connectivity index (χ0) is 16.8. The predicted molar refractivity (Wildman–Crippen MR) is 91.6 cm³/mol. The van der Waals surface area contributed by atoms with Crippen molar-refractivity contribution in [3.63, 3.8) is 0 Å². The van der Waals surface area contributed by atoms with Gasteiger partial charge in [0, 0.05) is 11.7 Å². The summed E-state index contributed by atoms with van der Waals surface area (Å²) in [6.07, 6.45) is 0.222. The monoisotopic (exact) mass is 322 g/mol. The number of fused-ring (bicyclic) bond motifs is 2. The number of hydrogen-bond acceptors (Lipinski definition) is 3. The Morgan fingerprint density at radius 1 is 1.17 bits per heavy atom. The van der Waals surface area contributed by atoms with Gasteiger partial charge in [-0.1, -0.05) is 24.3 Å². The van der Waals surface area contributed by atoms with Gasteiger partial charge >= 0.3 is 0 Å². The van der Waals surface area contributed by atoms with Crippen LogP contribution in [0, 0.1) is 0 Å². The highest BCUT2D eigenvalue weighted by atomic mass is 16.5. The van der Waals surface area contributed by atoms with E-state index in [9.17, 15) is 9.59 Å². The van der Waals surface area contributed by atoms with Gasteiger partial charge in [0.05, 0.1) is 11.3 Å². The van der Waals surface area contributed by atoms with Gasteiger partial charge in [0.1, 0.15) is 0 Å². The lowest BCUT2D eigenvalue weighted by Gasteiger charge is -2.28. The molecule has 0 aromatic heterocycles. The molecule has 0 radical (unpaired) electrons. The van der Waals surface area contributed by atoms with Gasteiger partial charge in [-0.25, -0.2) is 0 Å². The molecule has 0 aliphatic carbocycles. The number of hydrogen-bond donors (Lipinski definition) is 1. The summed E-state index contributed by atoms with van der Waals surface area (Å²) >= 11 is 0. The van der Waals surface area contributed by atoms with Gasteiger partial charge in [-0.15, -0.1) is 0 Å². The van der Waals surface area contributed by atoms with Crippen molar-refractivity contribution < 1.29 is 14.3 Å². The minimum Gasteiger partial charge on any atom is -0.478 e. The average Bonchev–Trinajstić information content (AvgIpc) is 2.90. The Morgan fingerprint density at radius 3 is 2.79 bits per heavy atom. The van der Waals surface area contributed by atoms with E-state index >= 15 is 0 Å². The number of benzene rings is 2. The first-order valence-corrected chi connectivity index (χ1v) is 8.08. The number of nitrogens with zero attached hydrogens (tertiary/aromatic N) is 1. The van der Waals surface area contributed by atoms with Gasteiger partial charge in [-0.2, -0.15) is 0 Å². The van der Waals surface area contributed by atoms with Crippen molar-refractivity contribution in [2.75, 3.05) is 10.2 Å². The third-order valence-electron chi connectivity index (χ3n) is 4.59. The Kier molecular flexibility index (Phi) is 3.30. The van der Waals surface area contributed by atoms with Crippen molar-refractivity contribution in [2.45, 2.75) is 32.4 Å².